The Labute approximate surface area is 279 Å². The largest absolute Gasteiger partial charge is 0.462 e. The highest BCUT2D eigenvalue weighted by Crippen LogP contribution is 2.37. The first-order chi connectivity index (χ1) is 22.5. The van der Waals surface area contributed by atoms with Crippen LogP contribution in [-0.2, 0) is 28.5 Å². The molecule has 258 valence electrons. The second-order valence-corrected chi connectivity index (χ2v) is 15.1. The van der Waals surface area contributed by atoms with E-state index in [-0.39, 0.29) is 48.5 Å². The molecule has 47 heavy (non-hydrogen) atoms. The number of thioether (sulfide) groups is 2. The molecular formula is C31H42N4O10S2. The van der Waals surface area contributed by atoms with Crippen LogP contribution in [0.4, 0.5) is 0 Å². The van der Waals surface area contributed by atoms with Crippen molar-refractivity contribution in [3.63, 3.8) is 0 Å². The first kappa shape index (κ1) is 35.2. The number of carbonyl (C=O) groups excluding carboxylic acids is 2. The van der Waals surface area contributed by atoms with E-state index in [9.17, 15) is 28.8 Å². The molecule has 4 fully saturated rings. The summed E-state index contributed by atoms with van der Waals surface area (Å²) in [5, 5.41) is -0.0426. The van der Waals surface area contributed by atoms with Gasteiger partial charge in [-0.3, -0.25) is 38.3 Å². The van der Waals surface area contributed by atoms with Crippen molar-refractivity contribution in [2.45, 2.75) is 88.7 Å². The van der Waals surface area contributed by atoms with Crippen LogP contribution in [0, 0.1) is 11.3 Å². The van der Waals surface area contributed by atoms with Crippen LogP contribution in [0.1, 0.15) is 71.2 Å². The summed E-state index contributed by atoms with van der Waals surface area (Å²) in [6.07, 6.45) is 7.12. The highest BCUT2D eigenvalue weighted by Gasteiger charge is 2.39. The summed E-state index contributed by atoms with van der Waals surface area (Å²) in [6, 6.07) is 2.58. The molecule has 2 aromatic heterocycles. The van der Waals surface area contributed by atoms with E-state index in [4.69, 9.17) is 18.9 Å². The van der Waals surface area contributed by atoms with Gasteiger partial charge in [0.1, 0.15) is 30.9 Å². The van der Waals surface area contributed by atoms with Crippen molar-refractivity contribution in [1.82, 2.24) is 19.1 Å². The number of rotatable bonds is 8. The van der Waals surface area contributed by atoms with Crippen LogP contribution in [0.15, 0.2) is 43.7 Å². The zero-order chi connectivity index (χ0) is 33.6. The van der Waals surface area contributed by atoms with Crippen LogP contribution in [-0.4, -0.2) is 79.0 Å². The molecule has 0 spiro atoms. The number of hydrogen-bond acceptors (Lipinski definition) is 12. The standard InChI is InChI=1S/C17H24N2O5S.C14H18N2O5S/c1-11-9-14(19-6-3-13(20)18-16(19)22)24-12(11)10-23-15(21)17(2)4-7-25-8-5-17;17-11-5-6-16(14(19)15-11)12-4-3-9(21-12)8-20-13(18)10-2-1-7-22-10/h3,6,11-12,14H,4-5,7-10H2,1-2H3,(H,18,20,22);5-6,9-10,12H,1-4,7-8H2,(H,15,17,19). The van der Waals surface area contributed by atoms with Gasteiger partial charge >= 0.3 is 23.3 Å². The lowest BCUT2D eigenvalue weighted by molar-refractivity contribution is -0.160. The van der Waals surface area contributed by atoms with E-state index in [1.807, 2.05) is 25.6 Å². The van der Waals surface area contributed by atoms with Crippen molar-refractivity contribution in [3.05, 3.63) is 66.2 Å². The van der Waals surface area contributed by atoms with Crippen LogP contribution in [0.3, 0.4) is 0 Å². The molecule has 6 heterocycles. The van der Waals surface area contributed by atoms with E-state index in [0.29, 0.717) is 19.3 Å². The van der Waals surface area contributed by atoms with E-state index in [1.165, 1.54) is 33.7 Å². The summed E-state index contributed by atoms with van der Waals surface area (Å²) in [6.45, 7) is 4.38. The quantitative estimate of drug-likeness (QED) is 0.385. The summed E-state index contributed by atoms with van der Waals surface area (Å²) in [5.41, 5.74) is -2.25. The van der Waals surface area contributed by atoms with Gasteiger partial charge in [0.15, 0.2) is 0 Å². The number of aromatic amines is 2. The summed E-state index contributed by atoms with van der Waals surface area (Å²) in [4.78, 5) is 74.6. The van der Waals surface area contributed by atoms with Gasteiger partial charge in [0.2, 0.25) is 0 Å². The maximum atomic E-state index is 12.4. The summed E-state index contributed by atoms with van der Waals surface area (Å²) >= 11 is 3.51. The Balaban J connectivity index is 0.000000186. The van der Waals surface area contributed by atoms with Crippen molar-refractivity contribution in [2.75, 3.05) is 30.5 Å². The number of H-pyrrole nitrogens is 2. The predicted molar refractivity (Wildman–Crippen MR) is 176 cm³/mol. The third kappa shape index (κ3) is 9.09. The number of carbonyl (C=O) groups is 2. The summed E-state index contributed by atoms with van der Waals surface area (Å²) in [5.74, 6) is 2.80. The van der Waals surface area contributed by atoms with Crippen molar-refractivity contribution in [3.8, 4) is 0 Å². The van der Waals surface area contributed by atoms with Gasteiger partial charge in [0.25, 0.3) is 11.1 Å². The highest BCUT2D eigenvalue weighted by atomic mass is 32.2. The summed E-state index contributed by atoms with van der Waals surface area (Å²) < 4.78 is 25.2. The van der Waals surface area contributed by atoms with Gasteiger partial charge in [-0.05, 0) is 75.0 Å². The van der Waals surface area contributed by atoms with Gasteiger partial charge in [0.05, 0.1) is 17.6 Å². The van der Waals surface area contributed by atoms with Gasteiger partial charge < -0.3 is 18.9 Å². The fourth-order valence-corrected chi connectivity index (χ4v) is 8.50. The van der Waals surface area contributed by atoms with Crippen LogP contribution < -0.4 is 22.5 Å². The molecule has 4 aliphatic rings. The molecule has 4 saturated heterocycles. The molecule has 0 aliphatic carbocycles. The fourth-order valence-electron chi connectivity index (χ4n) is 5.96. The molecule has 0 radical (unpaired) electrons. The van der Waals surface area contributed by atoms with Gasteiger partial charge in [0, 0.05) is 24.5 Å². The number of esters is 2. The lowest BCUT2D eigenvalue weighted by Crippen LogP contribution is -2.36. The first-order valence-corrected chi connectivity index (χ1v) is 18.2. The number of ether oxygens (including phenoxy) is 4. The zero-order valence-electron chi connectivity index (χ0n) is 26.6. The lowest BCUT2D eigenvalue weighted by Gasteiger charge is -2.31. The molecule has 2 N–H and O–H groups in total. The van der Waals surface area contributed by atoms with Crippen molar-refractivity contribution in [2.24, 2.45) is 11.3 Å². The topological polar surface area (TPSA) is 181 Å². The molecule has 6 atom stereocenters. The Kier molecular flexibility index (Phi) is 11.9. The SMILES string of the molecule is CC1CC(n2ccc(=O)[nH]c2=O)OC1COC(=O)C1(C)CCSCC1.O=C(OCC1CCC(n2ccc(=O)[nH]c2=O)O1)C1CCCS1. The second-order valence-electron chi connectivity index (χ2n) is 12.6. The van der Waals surface area contributed by atoms with Crippen molar-refractivity contribution in [1.29, 1.82) is 0 Å². The molecule has 6 rings (SSSR count). The van der Waals surface area contributed by atoms with Gasteiger partial charge in [-0.2, -0.15) is 11.8 Å². The van der Waals surface area contributed by atoms with Crippen molar-refractivity contribution >= 4 is 35.5 Å². The van der Waals surface area contributed by atoms with Crippen LogP contribution in [0.25, 0.3) is 0 Å². The third-order valence-corrected chi connectivity index (χ3v) is 11.4. The monoisotopic (exact) mass is 694 g/mol. The Hall–Kier alpha value is -3.08. The molecule has 14 nitrogen and oxygen atoms in total. The molecule has 6 unspecified atom stereocenters. The van der Waals surface area contributed by atoms with Gasteiger partial charge in [-0.1, -0.05) is 6.92 Å². The summed E-state index contributed by atoms with van der Waals surface area (Å²) in [7, 11) is 0. The Morgan fingerprint density at radius 1 is 0.894 bits per heavy atom. The van der Waals surface area contributed by atoms with E-state index in [2.05, 4.69) is 9.97 Å². The Morgan fingerprint density at radius 2 is 1.55 bits per heavy atom. The van der Waals surface area contributed by atoms with Crippen molar-refractivity contribution < 1.29 is 28.5 Å². The average molecular weight is 695 g/mol. The third-order valence-electron chi connectivity index (χ3n) is 9.02. The number of aromatic nitrogens is 4. The number of nitrogens with zero attached hydrogens (tertiary/aromatic N) is 2. The van der Waals surface area contributed by atoms with Crippen LogP contribution in [0.2, 0.25) is 0 Å². The second kappa shape index (κ2) is 15.9. The highest BCUT2D eigenvalue weighted by molar-refractivity contribution is 8.00. The van der Waals surface area contributed by atoms with Gasteiger partial charge in [-0.25, -0.2) is 9.59 Å². The lowest BCUT2D eigenvalue weighted by atomic mass is 9.84. The Bertz CT molecular complexity index is 1620. The number of nitrogens with one attached hydrogen (secondary N) is 2. The molecule has 2 aromatic rings. The van der Waals surface area contributed by atoms with Crippen LogP contribution in [0.5, 0.6) is 0 Å². The van der Waals surface area contributed by atoms with E-state index in [0.717, 1.165) is 42.9 Å². The average Bonchev–Trinajstić information content (AvgIpc) is 3.82. The smallest absolute Gasteiger partial charge is 0.330 e. The van der Waals surface area contributed by atoms with E-state index >= 15 is 0 Å². The minimum absolute atomic E-state index is 0.0426. The zero-order valence-corrected chi connectivity index (χ0v) is 28.2. The fraction of sp³-hybridized carbons (Fsp3) is 0.677. The van der Waals surface area contributed by atoms with Gasteiger partial charge in [-0.15, -0.1) is 11.8 Å². The van der Waals surface area contributed by atoms with E-state index < -0.39 is 40.4 Å². The number of hydrogen-bond donors (Lipinski definition) is 2. The molecule has 0 bridgehead atoms. The molecule has 16 heteroatoms. The minimum atomic E-state index is -0.491. The predicted octanol–water partition coefficient (Wildman–Crippen LogP) is 2.19. The van der Waals surface area contributed by atoms with Crippen LogP contribution >= 0.6 is 23.5 Å². The molecular weight excluding hydrogens is 652 g/mol. The molecule has 4 aliphatic heterocycles. The van der Waals surface area contributed by atoms with E-state index in [1.54, 1.807) is 11.8 Å². The molecule has 0 saturated carbocycles. The minimum Gasteiger partial charge on any atom is -0.462 e. The Morgan fingerprint density at radius 3 is 2.17 bits per heavy atom. The normalized spacial score (nSPS) is 28.3. The molecule has 0 amide bonds. The maximum absolute atomic E-state index is 12.4. The first-order valence-electron chi connectivity index (χ1n) is 16.0. The maximum Gasteiger partial charge on any atom is 0.330 e. The molecule has 0 aromatic carbocycles.